The third-order valence-corrected chi connectivity index (χ3v) is 12.4. The Labute approximate surface area is 120 Å². The molecule has 0 heterocycles. The Balaban J connectivity index is 4.24. The lowest BCUT2D eigenvalue weighted by atomic mass is 10.0. The van der Waals surface area contributed by atoms with Gasteiger partial charge in [-0.1, -0.05) is 39.3 Å². The van der Waals surface area contributed by atoms with Crippen molar-refractivity contribution in [1.82, 2.24) is 4.23 Å². The van der Waals surface area contributed by atoms with E-state index in [1.807, 2.05) is 0 Å². The molecular formula is C13H35NOSi3. The average Bonchev–Trinajstić information content (AvgIpc) is 2.13. The van der Waals surface area contributed by atoms with Gasteiger partial charge >= 0.3 is 0 Å². The first kappa shape index (κ1) is 18.6. The van der Waals surface area contributed by atoms with Crippen LogP contribution in [0.4, 0.5) is 0 Å². The number of hydrogen-bond donors (Lipinski definition) is 0. The maximum Gasteiger partial charge on any atom is 0.146 e. The Morgan fingerprint density at radius 1 is 0.944 bits per heavy atom. The van der Waals surface area contributed by atoms with Crippen LogP contribution < -0.4 is 0 Å². The zero-order valence-electron chi connectivity index (χ0n) is 14.2. The molecule has 0 spiro atoms. The highest BCUT2D eigenvalue weighted by atomic mass is 28.4. The van der Waals surface area contributed by atoms with Gasteiger partial charge in [0.2, 0.25) is 0 Å². The van der Waals surface area contributed by atoms with Crippen molar-refractivity contribution in [2.24, 2.45) is 0 Å². The minimum atomic E-state index is -1.16. The predicted molar refractivity (Wildman–Crippen MR) is 92.4 cm³/mol. The highest BCUT2D eigenvalue weighted by molar-refractivity contribution is 6.89. The standard InChI is InChI=1S/C13H35NOSi3/c1-13(2,15-16)11-9-10-12-14(17(3,4)5)18(6,7)8/h9-12H2,1-8,16H3. The zero-order valence-corrected chi connectivity index (χ0v) is 18.2. The first-order chi connectivity index (χ1) is 7.90. The first-order valence-electron chi connectivity index (χ1n) is 7.23. The summed E-state index contributed by atoms with van der Waals surface area (Å²) in [6.45, 7) is 20.6. The number of unbranched alkanes of at least 4 members (excludes halogenated alkanes) is 1. The van der Waals surface area contributed by atoms with E-state index in [2.05, 4.69) is 57.4 Å². The van der Waals surface area contributed by atoms with Gasteiger partial charge in [-0.15, -0.1) is 0 Å². The van der Waals surface area contributed by atoms with Gasteiger partial charge in [0.1, 0.15) is 27.0 Å². The normalized spacial score (nSPS) is 14.5. The second-order valence-electron chi connectivity index (χ2n) is 7.91. The van der Waals surface area contributed by atoms with Gasteiger partial charge in [-0.2, -0.15) is 0 Å². The maximum absolute atomic E-state index is 5.62. The first-order valence-corrected chi connectivity index (χ1v) is 14.9. The van der Waals surface area contributed by atoms with E-state index in [1.165, 1.54) is 25.8 Å². The summed E-state index contributed by atoms with van der Waals surface area (Å²) in [5.74, 6) is 0. The topological polar surface area (TPSA) is 12.5 Å². The molecule has 0 aromatic carbocycles. The molecule has 110 valence electrons. The van der Waals surface area contributed by atoms with Crippen molar-refractivity contribution in [3.05, 3.63) is 0 Å². The van der Waals surface area contributed by atoms with Gasteiger partial charge in [0, 0.05) is 5.60 Å². The smallest absolute Gasteiger partial charge is 0.146 e. The van der Waals surface area contributed by atoms with E-state index in [-0.39, 0.29) is 5.60 Å². The summed E-state index contributed by atoms with van der Waals surface area (Å²) in [5.41, 5.74) is 0.107. The molecule has 0 N–H and O–H groups in total. The zero-order chi connectivity index (χ0) is 14.6. The largest absolute Gasteiger partial charge is 0.423 e. The van der Waals surface area contributed by atoms with E-state index in [0.717, 1.165) is 10.5 Å². The number of nitrogens with zero attached hydrogens (tertiary/aromatic N) is 1. The molecule has 0 fully saturated rings. The molecule has 0 radical (unpaired) electrons. The van der Waals surface area contributed by atoms with Crippen molar-refractivity contribution >= 4 is 27.0 Å². The summed E-state index contributed by atoms with van der Waals surface area (Å²) in [4.78, 5) is 0. The van der Waals surface area contributed by atoms with Crippen LogP contribution in [0.2, 0.25) is 39.3 Å². The molecule has 0 unspecified atom stereocenters. The molecule has 0 aromatic heterocycles. The average molecular weight is 306 g/mol. The maximum atomic E-state index is 5.62. The van der Waals surface area contributed by atoms with Gasteiger partial charge < -0.3 is 8.66 Å². The number of hydrogen-bond acceptors (Lipinski definition) is 2. The van der Waals surface area contributed by atoms with Crippen LogP contribution in [0, 0.1) is 0 Å². The molecule has 0 atom stereocenters. The fourth-order valence-corrected chi connectivity index (χ4v) is 12.5. The summed E-state index contributed by atoms with van der Waals surface area (Å²) >= 11 is 0. The summed E-state index contributed by atoms with van der Waals surface area (Å²) in [6, 6.07) is 0. The van der Waals surface area contributed by atoms with E-state index < -0.39 is 16.5 Å². The van der Waals surface area contributed by atoms with Crippen LogP contribution in [0.1, 0.15) is 33.1 Å². The highest BCUT2D eigenvalue weighted by Crippen LogP contribution is 2.22. The van der Waals surface area contributed by atoms with Crippen molar-refractivity contribution in [2.45, 2.75) is 78.0 Å². The summed E-state index contributed by atoms with van der Waals surface area (Å²) in [5, 5.41) is 0. The van der Waals surface area contributed by atoms with E-state index >= 15 is 0 Å². The lowest BCUT2D eigenvalue weighted by Gasteiger charge is -2.43. The van der Waals surface area contributed by atoms with Gasteiger partial charge in [0.25, 0.3) is 0 Å². The second-order valence-corrected chi connectivity index (χ2v) is 18.5. The third kappa shape index (κ3) is 7.23. The van der Waals surface area contributed by atoms with Crippen molar-refractivity contribution in [3.63, 3.8) is 0 Å². The monoisotopic (exact) mass is 305 g/mol. The minimum absolute atomic E-state index is 0.107. The van der Waals surface area contributed by atoms with Crippen LogP contribution in [-0.4, -0.2) is 43.3 Å². The summed E-state index contributed by atoms with van der Waals surface area (Å²) in [6.07, 6.45) is 3.81. The molecule has 0 bridgehead atoms. The molecule has 0 saturated heterocycles. The fraction of sp³-hybridized carbons (Fsp3) is 1.00. The SMILES string of the molecule is CC(C)(CCCCN([Si](C)(C)C)[Si](C)(C)C)O[SiH3]. The molecular weight excluding hydrogens is 270 g/mol. The predicted octanol–water partition coefficient (Wildman–Crippen LogP) is 3.20. The molecule has 0 amide bonds. The van der Waals surface area contributed by atoms with Crippen LogP contribution >= 0.6 is 0 Å². The van der Waals surface area contributed by atoms with Crippen molar-refractivity contribution < 1.29 is 4.43 Å². The molecule has 0 saturated carbocycles. The quantitative estimate of drug-likeness (QED) is 0.504. The summed E-state index contributed by atoms with van der Waals surface area (Å²) < 4.78 is 8.51. The second kappa shape index (κ2) is 6.83. The van der Waals surface area contributed by atoms with Crippen LogP contribution in [0.25, 0.3) is 0 Å². The van der Waals surface area contributed by atoms with Crippen LogP contribution in [0.15, 0.2) is 0 Å². The fourth-order valence-electron chi connectivity index (χ4n) is 2.60. The van der Waals surface area contributed by atoms with Crippen molar-refractivity contribution in [3.8, 4) is 0 Å². The van der Waals surface area contributed by atoms with Crippen molar-refractivity contribution in [2.75, 3.05) is 6.54 Å². The van der Waals surface area contributed by atoms with Gasteiger partial charge in [-0.3, -0.25) is 0 Å². The molecule has 0 aliphatic rings. The van der Waals surface area contributed by atoms with E-state index in [4.69, 9.17) is 4.43 Å². The summed E-state index contributed by atoms with van der Waals surface area (Å²) in [7, 11) is -1.46. The third-order valence-electron chi connectivity index (χ3n) is 3.58. The molecule has 18 heavy (non-hydrogen) atoms. The molecule has 0 aromatic rings. The Morgan fingerprint density at radius 2 is 1.39 bits per heavy atom. The van der Waals surface area contributed by atoms with Gasteiger partial charge in [-0.05, 0) is 39.7 Å². The molecule has 0 aliphatic carbocycles. The van der Waals surface area contributed by atoms with E-state index in [9.17, 15) is 0 Å². The lowest BCUT2D eigenvalue weighted by Crippen LogP contribution is -2.59. The van der Waals surface area contributed by atoms with Crippen molar-refractivity contribution in [1.29, 1.82) is 0 Å². The van der Waals surface area contributed by atoms with Gasteiger partial charge in [0.15, 0.2) is 0 Å². The van der Waals surface area contributed by atoms with E-state index in [1.54, 1.807) is 0 Å². The van der Waals surface area contributed by atoms with Crippen LogP contribution in [-0.2, 0) is 4.43 Å². The van der Waals surface area contributed by atoms with Crippen LogP contribution in [0.3, 0.4) is 0 Å². The minimum Gasteiger partial charge on any atom is -0.423 e. The van der Waals surface area contributed by atoms with E-state index in [0.29, 0.717) is 0 Å². The Kier molecular flexibility index (Phi) is 7.05. The Morgan fingerprint density at radius 3 is 1.72 bits per heavy atom. The molecule has 5 heteroatoms. The Hall–Kier alpha value is 0.571. The Bertz CT molecular complexity index is 230. The number of rotatable bonds is 8. The molecule has 2 nitrogen and oxygen atoms in total. The van der Waals surface area contributed by atoms with Crippen LogP contribution in [0.5, 0.6) is 0 Å². The van der Waals surface area contributed by atoms with Gasteiger partial charge in [0.05, 0.1) is 0 Å². The highest BCUT2D eigenvalue weighted by Gasteiger charge is 2.33. The molecule has 0 aliphatic heterocycles. The molecule has 0 rings (SSSR count). The lowest BCUT2D eigenvalue weighted by molar-refractivity contribution is 0.109. The van der Waals surface area contributed by atoms with Gasteiger partial charge in [-0.25, -0.2) is 0 Å².